The number of piperazine rings is 1. The Kier molecular flexibility index (Phi) is 5.18. The highest BCUT2D eigenvalue weighted by Gasteiger charge is 2.41. The molecule has 5 N–H and O–H groups in total. The summed E-state index contributed by atoms with van der Waals surface area (Å²) < 4.78 is 0. The Labute approximate surface area is 139 Å². The van der Waals surface area contributed by atoms with Crippen LogP contribution in [0.4, 0.5) is 0 Å². The summed E-state index contributed by atoms with van der Waals surface area (Å²) in [6, 6.07) is 0.701. The molecule has 0 radical (unpaired) electrons. The van der Waals surface area contributed by atoms with Crippen molar-refractivity contribution < 1.29 is 4.84 Å². The highest BCUT2D eigenvalue weighted by atomic mass is 16.7. The maximum absolute atomic E-state index is 5.49. The van der Waals surface area contributed by atoms with Gasteiger partial charge in [0.2, 0.25) is 0 Å². The molecule has 0 bridgehead atoms. The van der Waals surface area contributed by atoms with Crippen LogP contribution in [0.25, 0.3) is 0 Å². The van der Waals surface area contributed by atoms with Crippen molar-refractivity contribution in [2.75, 3.05) is 19.6 Å². The lowest BCUT2D eigenvalue weighted by Crippen LogP contribution is -2.60. The van der Waals surface area contributed by atoms with Crippen molar-refractivity contribution in [2.24, 2.45) is 17.8 Å². The van der Waals surface area contributed by atoms with Crippen LogP contribution in [0.1, 0.15) is 45.4 Å². The normalized spacial score (nSPS) is 48.1. The third-order valence-electron chi connectivity index (χ3n) is 6.40. The minimum absolute atomic E-state index is 0.142. The Hall–Kier alpha value is -0.240. The van der Waals surface area contributed by atoms with Gasteiger partial charge in [0.15, 0.2) is 0 Å². The van der Waals surface area contributed by atoms with E-state index in [-0.39, 0.29) is 6.23 Å². The second-order valence-corrected chi connectivity index (χ2v) is 7.93. The molecular weight excluding hydrogens is 290 g/mol. The van der Waals surface area contributed by atoms with Crippen molar-refractivity contribution in [3.8, 4) is 0 Å². The molecule has 2 heterocycles. The Morgan fingerprint density at radius 3 is 2.78 bits per heavy atom. The number of rotatable bonds is 3. The SMILES string of the molecule is CC1NC(C2CCC3C(CCCC3NC3CNCCN3)C2)NO1. The molecule has 2 saturated carbocycles. The maximum atomic E-state index is 5.49. The molecule has 7 unspecified atom stereocenters. The molecule has 0 aromatic heterocycles. The Morgan fingerprint density at radius 2 is 2.00 bits per heavy atom. The Morgan fingerprint density at radius 1 is 1.04 bits per heavy atom. The highest BCUT2D eigenvalue weighted by molar-refractivity contribution is 4.95. The quantitative estimate of drug-likeness (QED) is 0.520. The molecule has 6 heteroatoms. The van der Waals surface area contributed by atoms with Gasteiger partial charge < -0.3 is 5.32 Å². The second kappa shape index (κ2) is 7.33. The van der Waals surface area contributed by atoms with Gasteiger partial charge >= 0.3 is 0 Å². The van der Waals surface area contributed by atoms with Gasteiger partial charge in [-0.2, -0.15) is 5.48 Å². The summed E-state index contributed by atoms with van der Waals surface area (Å²) in [5.74, 6) is 2.47. The van der Waals surface area contributed by atoms with Crippen molar-refractivity contribution >= 4 is 0 Å². The molecular formula is C17H33N5O. The molecule has 4 fully saturated rings. The molecule has 4 aliphatic rings. The Balaban J connectivity index is 1.33. The van der Waals surface area contributed by atoms with Crippen LogP contribution in [0, 0.1) is 17.8 Å². The van der Waals surface area contributed by atoms with Crippen molar-refractivity contribution in [2.45, 2.75) is 70.0 Å². The summed E-state index contributed by atoms with van der Waals surface area (Å²) in [5, 5.41) is 14.5. The molecule has 6 nitrogen and oxygen atoms in total. The molecule has 23 heavy (non-hydrogen) atoms. The molecule has 0 aromatic rings. The van der Waals surface area contributed by atoms with Crippen molar-refractivity contribution in [3.63, 3.8) is 0 Å². The molecule has 0 aromatic carbocycles. The summed E-state index contributed by atoms with van der Waals surface area (Å²) >= 11 is 0. The van der Waals surface area contributed by atoms with Gasteiger partial charge in [0.25, 0.3) is 0 Å². The van der Waals surface area contributed by atoms with Gasteiger partial charge in [-0.05, 0) is 50.4 Å². The average Bonchev–Trinajstić information content (AvgIpc) is 3.02. The summed E-state index contributed by atoms with van der Waals surface area (Å²) in [5.41, 5.74) is 3.20. The largest absolute Gasteiger partial charge is 0.313 e. The summed E-state index contributed by atoms with van der Waals surface area (Å²) in [4.78, 5) is 5.49. The first-order valence-corrected chi connectivity index (χ1v) is 9.67. The molecule has 4 rings (SSSR count). The molecule has 7 atom stereocenters. The van der Waals surface area contributed by atoms with Crippen molar-refractivity contribution in [3.05, 3.63) is 0 Å². The lowest BCUT2D eigenvalue weighted by molar-refractivity contribution is 0.0165. The van der Waals surface area contributed by atoms with E-state index in [1.807, 2.05) is 0 Å². The number of nitrogens with one attached hydrogen (secondary N) is 5. The molecule has 2 aliphatic heterocycles. The van der Waals surface area contributed by atoms with Crippen LogP contribution in [-0.4, -0.2) is 44.2 Å². The lowest BCUT2D eigenvalue weighted by atomic mass is 9.65. The first-order valence-electron chi connectivity index (χ1n) is 9.67. The fourth-order valence-electron chi connectivity index (χ4n) is 5.27. The zero-order chi connectivity index (χ0) is 15.6. The zero-order valence-corrected chi connectivity index (χ0v) is 14.3. The second-order valence-electron chi connectivity index (χ2n) is 7.93. The summed E-state index contributed by atoms with van der Waals surface area (Å²) in [7, 11) is 0. The molecule has 0 amide bonds. The predicted octanol–water partition coefficient (Wildman–Crippen LogP) is 0.476. The van der Waals surface area contributed by atoms with Crippen LogP contribution in [0.3, 0.4) is 0 Å². The van der Waals surface area contributed by atoms with Crippen LogP contribution in [0.15, 0.2) is 0 Å². The zero-order valence-electron chi connectivity index (χ0n) is 14.3. The molecule has 2 aliphatic carbocycles. The predicted molar refractivity (Wildman–Crippen MR) is 90.4 cm³/mol. The summed E-state index contributed by atoms with van der Waals surface area (Å²) in [6.45, 7) is 5.31. The third-order valence-corrected chi connectivity index (χ3v) is 6.40. The fourth-order valence-corrected chi connectivity index (χ4v) is 5.27. The lowest BCUT2D eigenvalue weighted by Gasteiger charge is -2.46. The fraction of sp³-hybridized carbons (Fsp3) is 1.00. The van der Waals surface area contributed by atoms with E-state index >= 15 is 0 Å². The van der Waals surface area contributed by atoms with Gasteiger partial charge in [0.1, 0.15) is 6.23 Å². The first-order chi connectivity index (χ1) is 11.3. The average molecular weight is 323 g/mol. The van der Waals surface area contributed by atoms with Gasteiger partial charge in [-0.15, -0.1) is 0 Å². The van der Waals surface area contributed by atoms with Gasteiger partial charge in [0, 0.05) is 25.7 Å². The van der Waals surface area contributed by atoms with E-state index in [4.69, 9.17) is 4.84 Å². The number of hydrogen-bond acceptors (Lipinski definition) is 6. The number of hydroxylamine groups is 1. The third kappa shape index (κ3) is 3.72. The highest BCUT2D eigenvalue weighted by Crippen LogP contribution is 2.44. The van der Waals surface area contributed by atoms with E-state index in [1.165, 1.54) is 38.5 Å². The molecule has 132 valence electrons. The van der Waals surface area contributed by atoms with E-state index in [9.17, 15) is 0 Å². The van der Waals surface area contributed by atoms with Crippen LogP contribution in [0.2, 0.25) is 0 Å². The van der Waals surface area contributed by atoms with E-state index < -0.39 is 0 Å². The maximum Gasteiger partial charge on any atom is 0.128 e. The number of hydrogen-bond donors (Lipinski definition) is 5. The van der Waals surface area contributed by atoms with Crippen LogP contribution >= 0.6 is 0 Å². The van der Waals surface area contributed by atoms with Gasteiger partial charge in [-0.1, -0.05) is 12.8 Å². The van der Waals surface area contributed by atoms with Crippen molar-refractivity contribution in [1.82, 2.24) is 26.7 Å². The smallest absolute Gasteiger partial charge is 0.128 e. The van der Waals surface area contributed by atoms with E-state index in [0.717, 1.165) is 37.4 Å². The van der Waals surface area contributed by atoms with E-state index in [1.54, 1.807) is 0 Å². The molecule has 2 saturated heterocycles. The van der Waals surface area contributed by atoms with Crippen molar-refractivity contribution in [1.29, 1.82) is 0 Å². The monoisotopic (exact) mass is 323 g/mol. The molecule has 0 spiro atoms. The van der Waals surface area contributed by atoms with E-state index in [0.29, 0.717) is 18.4 Å². The van der Waals surface area contributed by atoms with Gasteiger partial charge in [-0.3, -0.25) is 20.8 Å². The Bertz CT molecular complexity index is 389. The van der Waals surface area contributed by atoms with Crippen LogP contribution in [0.5, 0.6) is 0 Å². The van der Waals surface area contributed by atoms with Crippen LogP contribution < -0.4 is 26.7 Å². The van der Waals surface area contributed by atoms with E-state index in [2.05, 4.69) is 33.7 Å². The van der Waals surface area contributed by atoms with Gasteiger partial charge in [-0.25, -0.2) is 0 Å². The first kappa shape index (κ1) is 16.2. The minimum atomic E-state index is 0.142. The summed E-state index contributed by atoms with van der Waals surface area (Å²) in [6.07, 6.45) is 9.12. The minimum Gasteiger partial charge on any atom is -0.313 e. The topological polar surface area (TPSA) is 69.4 Å². The van der Waals surface area contributed by atoms with Crippen LogP contribution in [-0.2, 0) is 4.84 Å². The van der Waals surface area contributed by atoms with Gasteiger partial charge in [0.05, 0.1) is 12.3 Å². The standard InChI is InChI=1S/C17H33N5O/c1-11-20-17(22-23-11)13-5-6-14-12(9-13)3-2-4-15(14)21-16-10-18-7-8-19-16/h11-22H,2-10H2,1H3. The number of fused-ring (bicyclic) bond motifs is 1.